The van der Waals surface area contributed by atoms with Crippen molar-refractivity contribution in [2.24, 2.45) is 0 Å². The summed E-state index contributed by atoms with van der Waals surface area (Å²) >= 11 is 1.30. The van der Waals surface area contributed by atoms with Gasteiger partial charge in [0.05, 0.1) is 18.5 Å². The molecule has 0 saturated heterocycles. The lowest BCUT2D eigenvalue weighted by Gasteiger charge is -2.01. The molecular weight excluding hydrogens is 276 g/mol. The lowest BCUT2D eigenvalue weighted by atomic mass is 10.1. The highest BCUT2D eigenvalue weighted by atomic mass is 32.1. The van der Waals surface area contributed by atoms with E-state index >= 15 is 0 Å². The second-order valence-corrected chi connectivity index (χ2v) is 5.11. The molecule has 1 amide bonds. The first-order valence-electron chi connectivity index (χ1n) is 6.13. The number of benzene rings is 1. The van der Waals surface area contributed by atoms with Gasteiger partial charge in [-0.3, -0.25) is 9.59 Å². The van der Waals surface area contributed by atoms with Crippen molar-refractivity contribution in [1.29, 1.82) is 0 Å². The number of aromatic nitrogens is 1. The van der Waals surface area contributed by atoms with Gasteiger partial charge in [0.1, 0.15) is 0 Å². The van der Waals surface area contributed by atoms with Gasteiger partial charge in [0.25, 0.3) is 0 Å². The molecule has 1 aromatic heterocycles. The number of amides is 1. The van der Waals surface area contributed by atoms with Gasteiger partial charge in [-0.1, -0.05) is 30.3 Å². The molecule has 0 radical (unpaired) electrons. The highest BCUT2D eigenvalue weighted by Gasteiger charge is 2.08. The molecule has 2 rings (SSSR count). The third-order valence-corrected chi connectivity index (χ3v) is 3.41. The Balaban J connectivity index is 1.87. The maximum atomic E-state index is 11.8. The lowest BCUT2D eigenvalue weighted by molar-refractivity contribution is -0.137. The quantitative estimate of drug-likeness (QED) is 0.856. The molecule has 2 aromatic rings. The number of carbonyl (C=O) groups is 2. The summed E-state index contributed by atoms with van der Waals surface area (Å²) in [6, 6.07) is 9.45. The van der Waals surface area contributed by atoms with Crippen molar-refractivity contribution in [3.63, 3.8) is 0 Å². The van der Waals surface area contributed by atoms with Crippen molar-refractivity contribution in [3.8, 4) is 0 Å². The first-order valence-corrected chi connectivity index (χ1v) is 7.01. The number of hydrogen-bond acceptors (Lipinski definition) is 4. The normalized spacial score (nSPS) is 10.2. The fraction of sp³-hybridized carbons (Fsp3) is 0.214. The van der Waals surface area contributed by atoms with Crippen LogP contribution in [0.5, 0.6) is 0 Å². The van der Waals surface area contributed by atoms with Gasteiger partial charge in [-0.05, 0) is 5.56 Å². The van der Waals surface area contributed by atoms with Crippen LogP contribution >= 0.6 is 11.3 Å². The van der Waals surface area contributed by atoms with Gasteiger partial charge in [0.2, 0.25) is 5.91 Å². The van der Waals surface area contributed by atoms with Gasteiger partial charge in [-0.2, -0.15) is 0 Å². The predicted octanol–water partition coefficient (Wildman–Crippen LogP) is 2.34. The van der Waals surface area contributed by atoms with E-state index in [1.165, 1.54) is 11.3 Å². The van der Waals surface area contributed by atoms with E-state index in [1.54, 1.807) is 5.38 Å². The Morgan fingerprint density at radius 3 is 2.70 bits per heavy atom. The maximum Gasteiger partial charge on any atom is 0.303 e. The number of carboxylic acids is 1. The number of rotatable bonds is 6. The van der Waals surface area contributed by atoms with E-state index in [2.05, 4.69) is 10.3 Å². The topological polar surface area (TPSA) is 79.3 Å². The van der Waals surface area contributed by atoms with Gasteiger partial charge in [-0.15, -0.1) is 11.3 Å². The van der Waals surface area contributed by atoms with Gasteiger partial charge < -0.3 is 10.4 Å². The number of aryl methyl sites for hydroxylation is 1. The van der Waals surface area contributed by atoms with Crippen LogP contribution in [0.3, 0.4) is 0 Å². The average Bonchev–Trinajstić information content (AvgIpc) is 2.85. The monoisotopic (exact) mass is 290 g/mol. The summed E-state index contributed by atoms with van der Waals surface area (Å²) < 4.78 is 0. The van der Waals surface area contributed by atoms with Crippen molar-refractivity contribution in [2.45, 2.75) is 19.3 Å². The van der Waals surface area contributed by atoms with Crippen LogP contribution in [0.2, 0.25) is 0 Å². The molecule has 0 saturated carbocycles. The van der Waals surface area contributed by atoms with Crippen molar-refractivity contribution in [2.75, 3.05) is 5.32 Å². The molecule has 6 heteroatoms. The van der Waals surface area contributed by atoms with Gasteiger partial charge >= 0.3 is 5.97 Å². The fourth-order valence-corrected chi connectivity index (χ4v) is 2.42. The Labute approximate surface area is 120 Å². The van der Waals surface area contributed by atoms with Crippen molar-refractivity contribution >= 4 is 28.3 Å². The highest BCUT2D eigenvalue weighted by molar-refractivity contribution is 7.13. The summed E-state index contributed by atoms with van der Waals surface area (Å²) in [4.78, 5) is 26.5. The molecule has 0 atom stereocenters. The van der Waals surface area contributed by atoms with Crippen molar-refractivity contribution in [1.82, 2.24) is 4.98 Å². The SMILES string of the molecule is O=C(O)CCc1csc(NC(=O)Cc2ccccc2)n1. The molecule has 0 bridgehead atoms. The van der Waals surface area contributed by atoms with Gasteiger partial charge in [0, 0.05) is 11.8 Å². The minimum Gasteiger partial charge on any atom is -0.481 e. The highest BCUT2D eigenvalue weighted by Crippen LogP contribution is 2.17. The van der Waals surface area contributed by atoms with E-state index in [9.17, 15) is 9.59 Å². The van der Waals surface area contributed by atoms with Crippen LogP contribution in [0, 0.1) is 0 Å². The number of anilines is 1. The standard InChI is InChI=1S/C14H14N2O3S/c17-12(8-10-4-2-1-3-5-10)16-14-15-11(9-20-14)6-7-13(18)19/h1-5,9H,6-8H2,(H,18,19)(H,15,16,17). The van der Waals surface area contributed by atoms with E-state index in [1.807, 2.05) is 30.3 Å². The van der Waals surface area contributed by atoms with Gasteiger partial charge in [-0.25, -0.2) is 4.98 Å². The second-order valence-electron chi connectivity index (χ2n) is 4.25. The molecule has 20 heavy (non-hydrogen) atoms. The zero-order valence-corrected chi connectivity index (χ0v) is 11.5. The van der Waals surface area contributed by atoms with Crippen molar-refractivity contribution < 1.29 is 14.7 Å². The molecule has 0 fully saturated rings. The largest absolute Gasteiger partial charge is 0.481 e. The summed E-state index contributed by atoms with van der Waals surface area (Å²) in [5, 5.41) is 13.6. The van der Waals surface area contributed by atoms with E-state index in [0.29, 0.717) is 23.7 Å². The molecule has 1 aromatic carbocycles. The summed E-state index contributed by atoms with van der Waals surface area (Å²) in [6.45, 7) is 0. The molecule has 2 N–H and O–H groups in total. The van der Waals surface area contributed by atoms with Crippen LogP contribution < -0.4 is 5.32 Å². The van der Waals surface area contributed by atoms with E-state index < -0.39 is 5.97 Å². The Hall–Kier alpha value is -2.21. The van der Waals surface area contributed by atoms with Crippen LogP contribution in [0.1, 0.15) is 17.7 Å². The zero-order chi connectivity index (χ0) is 14.4. The molecule has 104 valence electrons. The third kappa shape index (κ3) is 4.47. The van der Waals surface area contributed by atoms with Crippen LogP contribution in [0.4, 0.5) is 5.13 Å². The zero-order valence-electron chi connectivity index (χ0n) is 10.7. The maximum absolute atomic E-state index is 11.8. The van der Waals surface area contributed by atoms with Crippen LogP contribution in [0.15, 0.2) is 35.7 Å². The van der Waals surface area contributed by atoms with Crippen molar-refractivity contribution in [3.05, 3.63) is 47.0 Å². The summed E-state index contributed by atoms with van der Waals surface area (Å²) in [7, 11) is 0. The molecule has 0 aliphatic heterocycles. The minimum absolute atomic E-state index is 0.0428. The van der Waals surface area contributed by atoms with Crippen LogP contribution in [0.25, 0.3) is 0 Å². The number of nitrogens with zero attached hydrogens (tertiary/aromatic N) is 1. The minimum atomic E-state index is -0.854. The number of carbonyl (C=O) groups excluding carboxylic acids is 1. The van der Waals surface area contributed by atoms with E-state index in [4.69, 9.17) is 5.11 Å². The second kappa shape index (κ2) is 6.81. The number of thiazole rings is 1. The lowest BCUT2D eigenvalue weighted by Crippen LogP contribution is -2.14. The number of nitrogens with one attached hydrogen (secondary N) is 1. The average molecular weight is 290 g/mol. The van der Waals surface area contributed by atoms with Gasteiger partial charge in [0.15, 0.2) is 5.13 Å². The first-order chi connectivity index (χ1) is 9.63. The Morgan fingerprint density at radius 1 is 1.25 bits per heavy atom. The summed E-state index contributed by atoms with van der Waals surface area (Å²) in [5.41, 5.74) is 1.63. The molecule has 0 aliphatic rings. The third-order valence-electron chi connectivity index (χ3n) is 2.60. The number of hydrogen-bond donors (Lipinski definition) is 2. The smallest absolute Gasteiger partial charge is 0.303 e. The molecule has 5 nitrogen and oxygen atoms in total. The van der Waals surface area contributed by atoms with Crippen LogP contribution in [-0.2, 0) is 22.4 Å². The molecule has 1 heterocycles. The summed E-state index contributed by atoms with van der Waals surface area (Å²) in [6.07, 6.45) is 0.715. The fourth-order valence-electron chi connectivity index (χ4n) is 1.66. The van der Waals surface area contributed by atoms with E-state index in [0.717, 1.165) is 5.56 Å². The molecule has 0 spiro atoms. The molecular formula is C14H14N2O3S. The first kappa shape index (κ1) is 14.2. The Kier molecular flexibility index (Phi) is 4.84. The summed E-state index contributed by atoms with van der Waals surface area (Å²) in [5.74, 6) is -0.983. The number of aliphatic carboxylic acids is 1. The van der Waals surface area contributed by atoms with Crippen LogP contribution in [-0.4, -0.2) is 22.0 Å². The Bertz CT molecular complexity index is 595. The number of carboxylic acid groups (broad SMARTS) is 1. The van der Waals surface area contributed by atoms with E-state index in [-0.39, 0.29) is 12.3 Å². The molecule has 0 aliphatic carbocycles. The Morgan fingerprint density at radius 2 is 2.00 bits per heavy atom. The molecule has 0 unspecified atom stereocenters. The predicted molar refractivity (Wildman–Crippen MR) is 76.8 cm³/mol.